The van der Waals surface area contributed by atoms with E-state index in [1.165, 1.54) is 37.2 Å². The van der Waals surface area contributed by atoms with Crippen LogP contribution in [0.3, 0.4) is 0 Å². The SMILES string of the molecule is CC[C@@H](N)c1ccc(N2CCCC(C)C2)cc1. The lowest BCUT2D eigenvalue weighted by Gasteiger charge is -2.33. The van der Waals surface area contributed by atoms with Gasteiger partial charge in [-0.25, -0.2) is 0 Å². The molecule has 2 atom stereocenters. The van der Waals surface area contributed by atoms with Crippen molar-refractivity contribution in [1.82, 2.24) is 0 Å². The van der Waals surface area contributed by atoms with Crippen molar-refractivity contribution >= 4 is 5.69 Å². The molecule has 2 nitrogen and oxygen atoms in total. The van der Waals surface area contributed by atoms with Crippen molar-refractivity contribution in [2.45, 2.75) is 39.2 Å². The molecule has 1 aliphatic rings. The van der Waals surface area contributed by atoms with Gasteiger partial charge in [0.15, 0.2) is 0 Å². The summed E-state index contributed by atoms with van der Waals surface area (Å²) >= 11 is 0. The lowest BCUT2D eigenvalue weighted by atomic mass is 9.99. The molecule has 1 heterocycles. The third-order valence-corrected chi connectivity index (χ3v) is 3.78. The van der Waals surface area contributed by atoms with Crippen molar-refractivity contribution in [3.8, 4) is 0 Å². The van der Waals surface area contributed by atoms with Gasteiger partial charge in [0.2, 0.25) is 0 Å². The molecule has 1 fully saturated rings. The fraction of sp³-hybridized carbons (Fsp3) is 0.600. The number of hydrogen-bond donors (Lipinski definition) is 1. The molecule has 0 radical (unpaired) electrons. The number of benzene rings is 1. The lowest BCUT2D eigenvalue weighted by molar-refractivity contribution is 0.447. The Morgan fingerprint density at radius 1 is 1.35 bits per heavy atom. The average Bonchev–Trinajstić information content (AvgIpc) is 2.38. The second-order valence-electron chi connectivity index (χ2n) is 5.30. The molecular formula is C15H24N2. The highest BCUT2D eigenvalue weighted by molar-refractivity contribution is 5.48. The molecule has 0 saturated carbocycles. The van der Waals surface area contributed by atoms with E-state index < -0.39 is 0 Å². The van der Waals surface area contributed by atoms with E-state index in [9.17, 15) is 0 Å². The van der Waals surface area contributed by atoms with E-state index in [2.05, 4.69) is 43.0 Å². The fourth-order valence-corrected chi connectivity index (χ4v) is 2.59. The van der Waals surface area contributed by atoms with Crippen LogP contribution >= 0.6 is 0 Å². The van der Waals surface area contributed by atoms with Crippen LogP contribution in [-0.2, 0) is 0 Å². The van der Waals surface area contributed by atoms with E-state index in [0.29, 0.717) is 0 Å². The Morgan fingerprint density at radius 2 is 2.06 bits per heavy atom. The monoisotopic (exact) mass is 232 g/mol. The highest BCUT2D eigenvalue weighted by atomic mass is 15.1. The summed E-state index contributed by atoms with van der Waals surface area (Å²) in [6.45, 7) is 6.86. The maximum atomic E-state index is 6.03. The molecule has 1 aromatic rings. The highest BCUT2D eigenvalue weighted by Crippen LogP contribution is 2.24. The first-order chi connectivity index (χ1) is 8.20. The zero-order chi connectivity index (χ0) is 12.3. The zero-order valence-electron chi connectivity index (χ0n) is 11.0. The standard InChI is InChI=1S/C15H24N2/c1-3-15(16)13-6-8-14(9-7-13)17-10-4-5-12(2)11-17/h6-9,12,15H,3-5,10-11,16H2,1-2H3/t12?,15-/m1/s1. The van der Waals surface area contributed by atoms with Crippen LogP contribution in [0.4, 0.5) is 5.69 Å². The van der Waals surface area contributed by atoms with Gasteiger partial charge in [-0.15, -0.1) is 0 Å². The molecule has 17 heavy (non-hydrogen) atoms. The minimum absolute atomic E-state index is 0.185. The van der Waals surface area contributed by atoms with Gasteiger partial charge in [0.05, 0.1) is 0 Å². The van der Waals surface area contributed by atoms with Gasteiger partial charge in [0.1, 0.15) is 0 Å². The molecule has 94 valence electrons. The van der Waals surface area contributed by atoms with E-state index in [1.807, 2.05) is 0 Å². The second kappa shape index (κ2) is 5.54. The van der Waals surface area contributed by atoms with Gasteiger partial charge in [-0.3, -0.25) is 0 Å². The van der Waals surface area contributed by atoms with Crippen LogP contribution in [0.15, 0.2) is 24.3 Å². The van der Waals surface area contributed by atoms with Crippen molar-refractivity contribution < 1.29 is 0 Å². The van der Waals surface area contributed by atoms with Gasteiger partial charge in [0.25, 0.3) is 0 Å². The van der Waals surface area contributed by atoms with Gasteiger partial charge in [0, 0.05) is 24.8 Å². The van der Waals surface area contributed by atoms with Crippen LogP contribution in [-0.4, -0.2) is 13.1 Å². The summed E-state index contributed by atoms with van der Waals surface area (Å²) in [5, 5.41) is 0. The van der Waals surface area contributed by atoms with E-state index in [1.54, 1.807) is 0 Å². The predicted molar refractivity (Wildman–Crippen MR) is 74.3 cm³/mol. The third-order valence-electron chi connectivity index (χ3n) is 3.78. The number of rotatable bonds is 3. The maximum absolute atomic E-state index is 6.03. The molecule has 0 aliphatic carbocycles. The summed E-state index contributed by atoms with van der Waals surface area (Å²) < 4.78 is 0. The highest BCUT2D eigenvalue weighted by Gasteiger charge is 2.16. The van der Waals surface area contributed by atoms with Crippen LogP contribution in [0.2, 0.25) is 0 Å². The Kier molecular flexibility index (Phi) is 4.06. The second-order valence-corrected chi connectivity index (χ2v) is 5.30. The summed E-state index contributed by atoms with van der Waals surface area (Å²) in [5.41, 5.74) is 8.63. The fourth-order valence-electron chi connectivity index (χ4n) is 2.59. The number of hydrogen-bond acceptors (Lipinski definition) is 2. The van der Waals surface area contributed by atoms with Crippen LogP contribution < -0.4 is 10.6 Å². The Balaban J connectivity index is 2.06. The Bertz CT molecular complexity index is 344. The molecule has 1 unspecified atom stereocenters. The lowest BCUT2D eigenvalue weighted by Crippen LogP contribution is -2.34. The van der Waals surface area contributed by atoms with Crippen LogP contribution in [0.1, 0.15) is 44.7 Å². The first-order valence-corrected chi connectivity index (χ1v) is 6.81. The molecule has 1 aliphatic heterocycles. The molecular weight excluding hydrogens is 208 g/mol. The van der Waals surface area contributed by atoms with Gasteiger partial charge >= 0.3 is 0 Å². The Hall–Kier alpha value is -1.02. The van der Waals surface area contributed by atoms with Crippen molar-refractivity contribution in [2.75, 3.05) is 18.0 Å². The Labute approximate surface area is 105 Å². The van der Waals surface area contributed by atoms with Crippen LogP contribution in [0.5, 0.6) is 0 Å². The minimum Gasteiger partial charge on any atom is -0.371 e. The molecule has 1 aromatic carbocycles. The number of anilines is 1. The van der Waals surface area contributed by atoms with Gasteiger partial charge in [-0.1, -0.05) is 26.0 Å². The Morgan fingerprint density at radius 3 is 2.65 bits per heavy atom. The summed E-state index contributed by atoms with van der Waals surface area (Å²) in [5.74, 6) is 0.821. The minimum atomic E-state index is 0.185. The average molecular weight is 232 g/mol. The molecule has 2 N–H and O–H groups in total. The first kappa shape index (κ1) is 12.4. The van der Waals surface area contributed by atoms with Crippen molar-refractivity contribution in [1.29, 1.82) is 0 Å². The molecule has 0 bridgehead atoms. The normalized spacial score (nSPS) is 22.5. The van der Waals surface area contributed by atoms with Gasteiger partial charge in [-0.2, -0.15) is 0 Å². The smallest absolute Gasteiger partial charge is 0.0366 e. The molecule has 0 aromatic heterocycles. The van der Waals surface area contributed by atoms with Gasteiger partial charge in [-0.05, 0) is 42.9 Å². The number of nitrogens with two attached hydrogens (primary N) is 1. The van der Waals surface area contributed by atoms with E-state index in [0.717, 1.165) is 12.3 Å². The van der Waals surface area contributed by atoms with Crippen molar-refractivity contribution in [3.63, 3.8) is 0 Å². The third kappa shape index (κ3) is 3.01. The van der Waals surface area contributed by atoms with Crippen LogP contribution in [0.25, 0.3) is 0 Å². The summed E-state index contributed by atoms with van der Waals surface area (Å²) in [4.78, 5) is 2.50. The van der Waals surface area contributed by atoms with Crippen LogP contribution in [0, 0.1) is 5.92 Å². The maximum Gasteiger partial charge on any atom is 0.0366 e. The quantitative estimate of drug-likeness (QED) is 0.866. The van der Waals surface area contributed by atoms with E-state index >= 15 is 0 Å². The number of nitrogens with zero attached hydrogens (tertiary/aromatic N) is 1. The molecule has 0 spiro atoms. The molecule has 2 heteroatoms. The van der Waals surface area contributed by atoms with Crippen molar-refractivity contribution in [2.24, 2.45) is 11.7 Å². The summed E-state index contributed by atoms with van der Waals surface area (Å²) in [7, 11) is 0. The first-order valence-electron chi connectivity index (χ1n) is 6.81. The molecule has 0 amide bonds. The van der Waals surface area contributed by atoms with Gasteiger partial charge < -0.3 is 10.6 Å². The largest absolute Gasteiger partial charge is 0.371 e. The van der Waals surface area contributed by atoms with E-state index in [4.69, 9.17) is 5.73 Å². The summed E-state index contributed by atoms with van der Waals surface area (Å²) in [6, 6.07) is 9.00. The van der Waals surface area contributed by atoms with Crippen molar-refractivity contribution in [3.05, 3.63) is 29.8 Å². The zero-order valence-corrected chi connectivity index (χ0v) is 11.0. The molecule has 1 saturated heterocycles. The summed E-state index contributed by atoms with van der Waals surface area (Å²) in [6.07, 6.45) is 3.69. The van der Waals surface area contributed by atoms with E-state index in [-0.39, 0.29) is 6.04 Å². The topological polar surface area (TPSA) is 29.3 Å². The number of piperidine rings is 1. The predicted octanol–water partition coefficient (Wildman–Crippen LogP) is 3.33. The molecule has 2 rings (SSSR count).